The van der Waals surface area contributed by atoms with Crippen LogP contribution in [0, 0.1) is 18.2 Å². The van der Waals surface area contributed by atoms with E-state index in [1.165, 1.54) is 23.5 Å². The van der Waals surface area contributed by atoms with Crippen molar-refractivity contribution in [1.82, 2.24) is 20.9 Å². The van der Waals surface area contributed by atoms with Crippen molar-refractivity contribution < 1.29 is 37.8 Å². The van der Waals surface area contributed by atoms with E-state index in [0.717, 1.165) is 17.2 Å². The Morgan fingerprint density at radius 2 is 1.67 bits per heavy atom. The SMILES string of the molecule is C[CH]C(=O)N[C@H](C(=O)N1Cc2ccccc2[C@H]1C(=O)Nc1cc(C(=O)NCCNC(=O)OCc2ccccc2)ccc1F)C1CCOCC1. The van der Waals surface area contributed by atoms with E-state index in [9.17, 15) is 24.0 Å². The summed E-state index contributed by atoms with van der Waals surface area (Å²) in [7, 11) is 0. The van der Waals surface area contributed by atoms with Crippen LogP contribution in [0.5, 0.6) is 0 Å². The van der Waals surface area contributed by atoms with Crippen molar-refractivity contribution in [2.75, 3.05) is 31.6 Å². The summed E-state index contributed by atoms with van der Waals surface area (Å²) in [6.07, 6.45) is 1.82. The van der Waals surface area contributed by atoms with E-state index < -0.39 is 47.6 Å². The largest absolute Gasteiger partial charge is 0.445 e. The molecule has 13 heteroatoms. The Kier molecular flexibility index (Phi) is 11.9. The third-order valence-corrected chi connectivity index (χ3v) is 8.48. The van der Waals surface area contributed by atoms with Gasteiger partial charge in [-0.15, -0.1) is 0 Å². The molecule has 0 aliphatic carbocycles. The monoisotopic (exact) mass is 672 g/mol. The molecule has 0 unspecified atom stereocenters. The lowest BCUT2D eigenvalue weighted by Crippen LogP contribution is -2.53. The molecule has 2 aliphatic rings. The number of nitrogens with zero attached hydrogens (tertiary/aromatic N) is 1. The lowest BCUT2D eigenvalue weighted by molar-refractivity contribution is -0.143. The number of hydrogen-bond donors (Lipinski definition) is 4. The first kappa shape index (κ1) is 35.0. The number of amides is 5. The molecule has 3 aromatic rings. The third kappa shape index (κ3) is 8.99. The van der Waals surface area contributed by atoms with Gasteiger partial charge in [-0.1, -0.05) is 61.5 Å². The van der Waals surface area contributed by atoms with Gasteiger partial charge < -0.3 is 35.6 Å². The molecule has 4 N–H and O–H groups in total. The topological polar surface area (TPSA) is 155 Å². The van der Waals surface area contributed by atoms with Gasteiger partial charge in [0.15, 0.2) is 0 Å². The molecule has 5 rings (SSSR count). The second kappa shape index (κ2) is 16.7. The van der Waals surface area contributed by atoms with Crippen molar-refractivity contribution in [1.29, 1.82) is 0 Å². The van der Waals surface area contributed by atoms with Crippen LogP contribution in [0.3, 0.4) is 0 Å². The van der Waals surface area contributed by atoms with E-state index in [0.29, 0.717) is 31.6 Å². The van der Waals surface area contributed by atoms with Gasteiger partial charge in [-0.05, 0) is 53.6 Å². The molecule has 2 heterocycles. The maximum absolute atomic E-state index is 15.0. The van der Waals surface area contributed by atoms with Crippen molar-refractivity contribution in [3.05, 3.63) is 107 Å². The summed E-state index contributed by atoms with van der Waals surface area (Å²) < 4.78 is 25.6. The fraction of sp³-hybridized carbons (Fsp3) is 0.333. The summed E-state index contributed by atoms with van der Waals surface area (Å²) in [5.74, 6) is -3.03. The number of alkyl carbamates (subject to hydrolysis) is 1. The molecule has 5 amide bonds. The number of carbonyl (C=O) groups is 5. The summed E-state index contributed by atoms with van der Waals surface area (Å²) in [4.78, 5) is 66.7. The van der Waals surface area contributed by atoms with Gasteiger partial charge in [0.2, 0.25) is 11.8 Å². The van der Waals surface area contributed by atoms with Crippen LogP contribution in [-0.2, 0) is 37.0 Å². The van der Waals surface area contributed by atoms with Gasteiger partial charge in [-0.25, -0.2) is 9.18 Å². The number of carbonyl (C=O) groups excluding carboxylic acids is 5. The zero-order chi connectivity index (χ0) is 34.8. The van der Waals surface area contributed by atoms with E-state index in [1.807, 2.05) is 36.4 Å². The van der Waals surface area contributed by atoms with Gasteiger partial charge in [-0.2, -0.15) is 0 Å². The first-order valence-corrected chi connectivity index (χ1v) is 16.1. The Bertz CT molecular complexity index is 1660. The molecule has 3 aromatic carbocycles. The van der Waals surface area contributed by atoms with Crippen LogP contribution in [0.25, 0.3) is 0 Å². The number of fused-ring (bicyclic) bond motifs is 1. The predicted molar refractivity (Wildman–Crippen MR) is 177 cm³/mol. The average Bonchev–Trinajstić information content (AvgIpc) is 3.52. The maximum Gasteiger partial charge on any atom is 0.407 e. The highest BCUT2D eigenvalue weighted by Crippen LogP contribution is 2.36. The summed E-state index contributed by atoms with van der Waals surface area (Å²) in [6.45, 7) is 2.85. The predicted octanol–water partition coefficient (Wildman–Crippen LogP) is 3.64. The van der Waals surface area contributed by atoms with E-state index in [2.05, 4.69) is 21.3 Å². The Morgan fingerprint density at radius 3 is 2.43 bits per heavy atom. The minimum absolute atomic E-state index is 0.0644. The zero-order valence-electron chi connectivity index (χ0n) is 27.1. The molecule has 0 saturated carbocycles. The van der Waals surface area contributed by atoms with E-state index in [1.54, 1.807) is 25.1 Å². The standard InChI is InChI=1S/C36H39FN5O7/c1-2-30(43)41-31(24-14-18-48-19-15-24)35(46)42-21-26-10-6-7-11-27(26)32(42)34(45)40-29-20-25(12-13-28(29)37)33(44)38-16-17-39-36(47)49-22-23-8-4-3-5-9-23/h2-13,20,24,31-32H,14-19,21-22H2,1H3,(H,38,44)(H,39,47)(H,40,45)(H,41,43)/t31-,32-/m0/s1. The Labute approximate surface area is 283 Å². The molecule has 1 radical (unpaired) electrons. The Balaban J connectivity index is 1.24. The summed E-state index contributed by atoms with van der Waals surface area (Å²) in [6, 6.07) is 17.8. The lowest BCUT2D eigenvalue weighted by atomic mass is 9.90. The lowest BCUT2D eigenvalue weighted by Gasteiger charge is -2.34. The van der Waals surface area contributed by atoms with Crippen LogP contribution in [-0.4, -0.2) is 67.0 Å². The molecule has 12 nitrogen and oxygen atoms in total. The van der Waals surface area contributed by atoms with Crippen molar-refractivity contribution in [3.63, 3.8) is 0 Å². The third-order valence-electron chi connectivity index (χ3n) is 8.48. The van der Waals surface area contributed by atoms with Gasteiger partial charge in [-0.3, -0.25) is 19.2 Å². The number of nitrogens with one attached hydrogen (secondary N) is 4. The minimum atomic E-state index is -1.11. The molecule has 2 aliphatic heterocycles. The molecule has 2 atom stereocenters. The van der Waals surface area contributed by atoms with Crippen molar-refractivity contribution in [3.8, 4) is 0 Å². The fourth-order valence-electron chi connectivity index (χ4n) is 5.90. The summed E-state index contributed by atoms with van der Waals surface area (Å²) >= 11 is 0. The number of benzene rings is 3. The van der Waals surface area contributed by atoms with Gasteiger partial charge >= 0.3 is 6.09 Å². The Morgan fingerprint density at radius 1 is 0.959 bits per heavy atom. The van der Waals surface area contributed by atoms with E-state index >= 15 is 4.39 Å². The van der Waals surface area contributed by atoms with Crippen LogP contribution in [0.15, 0.2) is 72.8 Å². The second-order valence-corrected chi connectivity index (χ2v) is 11.7. The van der Waals surface area contributed by atoms with Crippen LogP contribution >= 0.6 is 0 Å². The number of ether oxygens (including phenoxy) is 2. The molecule has 0 spiro atoms. The molecule has 0 aromatic heterocycles. The van der Waals surface area contributed by atoms with Gasteiger partial charge in [0.1, 0.15) is 24.5 Å². The fourth-order valence-corrected chi connectivity index (χ4v) is 5.90. The second-order valence-electron chi connectivity index (χ2n) is 11.7. The van der Waals surface area contributed by atoms with Crippen molar-refractivity contribution >= 4 is 35.4 Å². The number of hydrogen-bond acceptors (Lipinski definition) is 7. The highest BCUT2D eigenvalue weighted by molar-refractivity contribution is 6.02. The summed E-state index contributed by atoms with van der Waals surface area (Å²) in [5.41, 5.74) is 1.99. The van der Waals surface area contributed by atoms with Crippen molar-refractivity contribution in [2.45, 2.75) is 45.0 Å². The summed E-state index contributed by atoms with van der Waals surface area (Å²) in [5, 5.41) is 10.6. The van der Waals surface area contributed by atoms with Gasteiger partial charge in [0.25, 0.3) is 11.8 Å². The molecule has 257 valence electrons. The maximum atomic E-state index is 15.0. The molecular weight excluding hydrogens is 633 g/mol. The quantitative estimate of drug-likeness (QED) is 0.214. The average molecular weight is 673 g/mol. The first-order valence-electron chi connectivity index (χ1n) is 16.1. The van der Waals surface area contributed by atoms with Gasteiger partial charge in [0, 0.05) is 44.8 Å². The zero-order valence-corrected chi connectivity index (χ0v) is 27.1. The van der Waals surface area contributed by atoms with Crippen LogP contribution < -0.4 is 21.3 Å². The minimum Gasteiger partial charge on any atom is -0.445 e. The number of rotatable bonds is 12. The highest BCUT2D eigenvalue weighted by atomic mass is 19.1. The first-order chi connectivity index (χ1) is 23.7. The van der Waals surface area contributed by atoms with Crippen molar-refractivity contribution in [2.24, 2.45) is 5.92 Å². The Hall–Kier alpha value is -5.30. The van der Waals surface area contributed by atoms with Gasteiger partial charge in [0.05, 0.1) is 5.69 Å². The van der Waals surface area contributed by atoms with E-state index in [-0.39, 0.29) is 43.4 Å². The van der Waals surface area contributed by atoms with Crippen LogP contribution in [0.2, 0.25) is 0 Å². The van der Waals surface area contributed by atoms with Crippen LogP contribution in [0.1, 0.15) is 52.9 Å². The molecule has 49 heavy (non-hydrogen) atoms. The molecule has 1 saturated heterocycles. The normalized spacial score (nSPS) is 16.2. The van der Waals surface area contributed by atoms with Crippen LogP contribution in [0.4, 0.5) is 14.9 Å². The highest BCUT2D eigenvalue weighted by Gasteiger charge is 2.43. The molecule has 1 fully saturated rings. The molecular formula is C36H39FN5O7. The van der Waals surface area contributed by atoms with E-state index in [4.69, 9.17) is 9.47 Å². The number of anilines is 1. The smallest absolute Gasteiger partial charge is 0.407 e. The number of halogens is 1. The molecule has 0 bridgehead atoms.